The highest BCUT2D eigenvalue weighted by Gasteiger charge is 2.33. The van der Waals surface area contributed by atoms with Gasteiger partial charge in [-0.2, -0.15) is 5.10 Å². The van der Waals surface area contributed by atoms with Gasteiger partial charge in [0.25, 0.3) is 5.91 Å². The van der Waals surface area contributed by atoms with Gasteiger partial charge in [0.05, 0.1) is 17.3 Å². The average molecular weight is 330 g/mol. The summed E-state index contributed by atoms with van der Waals surface area (Å²) in [6.45, 7) is 7.41. The Bertz CT molecular complexity index is 718. The van der Waals surface area contributed by atoms with E-state index in [4.69, 9.17) is 0 Å². The van der Waals surface area contributed by atoms with Gasteiger partial charge in [0.2, 0.25) is 0 Å². The fourth-order valence-corrected chi connectivity index (χ4v) is 3.47. The molecule has 0 aliphatic carbocycles. The van der Waals surface area contributed by atoms with E-state index >= 15 is 0 Å². The number of hydrogen-bond donors (Lipinski definition) is 0. The molecule has 0 bridgehead atoms. The molecule has 1 saturated heterocycles. The van der Waals surface area contributed by atoms with Crippen molar-refractivity contribution < 1.29 is 4.79 Å². The van der Waals surface area contributed by atoms with Gasteiger partial charge in [0.1, 0.15) is 5.82 Å². The molecule has 0 saturated carbocycles. The highest BCUT2D eigenvalue weighted by atomic mass is 16.2. The van der Waals surface area contributed by atoms with Gasteiger partial charge in [-0.3, -0.25) is 14.4 Å². The summed E-state index contributed by atoms with van der Waals surface area (Å²) in [5.41, 5.74) is 1.59. The first-order valence-corrected chi connectivity index (χ1v) is 8.58. The van der Waals surface area contributed by atoms with E-state index in [9.17, 15) is 4.79 Å². The standard InChI is InChI=1S/C17H26N6O/c1-5-14-13(11-21(4)19-14)17(24)23-10-9-22(6-2)15(12-23)16-18-7-8-20(16)3/h7-8,11,15H,5-6,9-10,12H2,1-4H3/t15-/m0/s1. The topological polar surface area (TPSA) is 59.2 Å². The van der Waals surface area contributed by atoms with Crippen molar-refractivity contribution >= 4 is 5.91 Å². The third-order valence-corrected chi connectivity index (χ3v) is 4.81. The van der Waals surface area contributed by atoms with Crippen LogP contribution in [0.25, 0.3) is 0 Å². The molecule has 130 valence electrons. The molecule has 1 fully saturated rings. The summed E-state index contributed by atoms with van der Waals surface area (Å²) in [6, 6.07) is 0.134. The number of piperazine rings is 1. The molecule has 24 heavy (non-hydrogen) atoms. The van der Waals surface area contributed by atoms with Gasteiger partial charge in [0.15, 0.2) is 0 Å². The number of carbonyl (C=O) groups is 1. The molecule has 2 aromatic rings. The molecule has 3 rings (SSSR count). The minimum absolute atomic E-state index is 0.0786. The van der Waals surface area contributed by atoms with Crippen LogP contribution in [0.3, 0.4) is 0 Å². The Hall–Kier alpha value is -2.15. The summed E-state index contributed by atoms with van der Waals surface area (Å²) in [7, 11) is 3.87. The van der Waals surface area contributed by atoms with Gasteiger partial charge >= 0.3 is 0 Å². The molecule has 2 aromatic heterocycles. The zero-order chi connectivity index (χ0) is 17.3. The van der Waals surface area contributed by atoms with E-state index in [0.717, 1.165) is 43.1 Å². The Labute approximate surface area is 142 Å². The van der Waals surface area contributed by atoms with Crippen molar-refractivity contribution in [1.29, 1.82) is 0 Å². The van der Waals surface area contributed by atoms with Crippen LogP contribution in [-0.2, 0) is 20.5 Å². The van der Waals surface area contributed by atoms with E-state index in [0.29, 0.717) is 6.54 Å². The summed E-state index contributed by atoms with van der Waals surface area (Å²) >= 11 is 0. The normalized spacial score (nSPS) is 19.0. The Balaban J connectivity index is 1.85. The van der Waals surface area contributed by atoms with Crippen LogP contribution in [0.2, 0.25) is 0 Å². The maximum absolute atomic E-state index is 13.0. The predicted molar refractivity (Wildman–Crippen MR) is 91.7 cm³/mol. The average Bonchev–Trinajstić information content (AvgIpc) is 3.18. The zero-order valence-electron chi connectivity index (χ0n) is 14.9. The first-order chi connectivity index (χ1) is 11.5. The Kier molecular flexibility index (Phi) is 4.71. The molecule has 1 atom stereocenters. The van der Waals surface area contributed by atoms with E-state index in [-0.39, 0.29) is 11.9 Å². The minimum atomic E-state index is 0.0786. The second kappa shape index (κ2) is 6.76. The highest BCUT2D eigenvalue weighted by Crippen LogP contribution is 2.25. The fraction of sp³-hybridized carbons (Fsp3) is 0.588. The number of aryl methyl sites for hydroxylation is 3. The van der Waals surface area contributed by atoms with Crippen LogP contribution in [0.5, 0.6) is 0 Å². The maximum atomic E-state index is 13.0. The number of aromatic nitrogens is 4. The monoisotopic (exact) mass is 330 g/mol. The van der Waals surface area contributed by atoms with Gasteiger partial charge in [-0.05, 0) is 13.0 Å². The summed E-state index contributed by atoms with van der Waals surface area (Å²) in [5, 5.41) is 4.40. The lowest BCUT2D eigenvalue weighted by molar-refractivity contribution is 0.0472. The van der Waals surface area contributed by atoms with Crippen molar-refractivity contribution in [2.75, 3.05) is 26.2 Å². The SMILES string of the molecule is CCc1nn(C)cc1C(=O)N1CCN(CC)[C@H](c2nccn2C)C1. The highest BCUT2D eigenvalue weighted by molar-refractivity contribution is 5.95. The smallest absolute Gasteiger partial charge is 0.257 e. The van der Waals surface area contributed by atoms with Crippen LogP contribution >= 0.6 is 0 Å². The van der Waals surface area contributed by atoms with Crippen molar-refractivity contribution in [2.24, 2.45) is 14.1 Å². The van der Waals surface area contributed by atoms with Crippen molar-refractivity contribution in [1.82, 2.24) is 29.1 Å². The van der Waals surface area contributed by atoms with Gasteiger partial charge in [-0.15, -0.1) is 0 Å². The van der Waals surface area contributed by atoms with E-state index in [1.54, 1.807) is 4.68 Å². The van der Waals surface area contributed by atoms with E-state index in [1.807, 2.05) is 49.1 Å². The summed E-state index contributed by atoms with van der Waals surface area (Å²) < 4.78 is 3.77. The Morgan fingerprint density at radius 3 is 2.71 bits per heavy atom. The van der Waals surface area contributed by atoms with Crippen LogP contribution in [0, 0.1) is 0 Å². The molecular formula is C17H26N6O. The predicted octanol–water partition coefficient (Wildman–Crippen LogP) is 1.23. The van der Waals surface area contributed by atoms with Crippen molar-refractivity contribution in [3.63, 3.8) is 0 Å². The number of rotatable bonds is 4. The zero-order valence-corrected chi connectivity index (χ0v) is 14.9. The molecule has 7 heteroatoms. The molecular weight excluding hydrogens is 304 g/mol. The largest absolute Gasteiger partial charge is 0.337 e. The van der Waals surface area contributed by atoms with Gasteiger partial charge < -0.3 is 9.47 Å². The quantitative estimate of drug-likeness (QED) is 0.846. The second-order valence-electron chi connectivity index (χ2n) is 6.31. The number of hydrogen-bond acceptors (Lipinski definition) is 4. The Morgan fingerprint density at radius 1 is 1.29 bits per heavy atom. The van der Waals surface area contributed by atoms with E-state index < -0.39 is 0 Å². The Morgan fingerprint density at radius 2 is 2.08 bits per heavy atom. The number of amides is 1. The molecule has 1 aliphatic heterocycles. The summed E-state index contributed by atoms with van der Waals surface area (Å²) in [4.78, 5) is 21.9. The molecule has 0 radical (unpaired) electrons. The molecule has 7 nitrogen and oxygen atoms in total. The lowest BCUT2D eigenvalue weighted by Gasteiger charge is -2.40. The molecule has 0 N–H and O–H groups in total. The van der Waals surface area contributed by atoms with Crippen LogP contribution in [0.4, 0.5) is 0 Å². The fourth-order valence-electron chi connectivity index (χ4n) is 3.47. The molecule has 0 aromatic carbocycles. The molecule has 0 unspecified atom stereocenters. The lowest BCUT2D eigenvalue weighted by atomic mass is 10.1. The molecule has 3 heterocycles. The van der Waals surface area contributed by atoms with Crippen LogP contribution < -0.4 is 0 Å². The number of carbonyl (C=O) groups excluding carboxylic acids is 1. The van der Waals surface area contributed by atoms with Crippen LogP contribution in [0.15, 0.2) is 18.6 Å². The van der Waals surface area contributed by atoms with Crippen molar-refractivity contribution in [3.05, 3.63) is 35.7 Å². The van der Waals surface area contributed by atoms with Gasteiger partial charge in [0, 0.05) is 52.3 Å². The van der Waals surface area contributed by atoms with Crippen molar-refractivity contribution in [2.45, 2.75) is 26.3 Å². The van der Waals surface area contributed by atoms with Gasteiger partial charge in [-0.25, -0.2) is 4.98 Å². The molecule has 0 spiro atoms. The van der Waals surface area contributed by atoms with Crippen molar-refractivity contribution in [3.8, 4) is 0 Å². The third-order valence-electron chi connectivity index (χ3n) is 4.81. The number of nitrogens with zero attached hydrogens (tertiary/aromatic N) is 6. The summed E-state index contributed by atoms with van der Waals surface area (Å²) in [5.74, 6) is 1.09. The molecule has 1 amide bonds. The van der Waals surface area contributed by atoms with E-state index in [1.165, 1.54) is 0 Å². The van der Waals surface area contributed by atoms with Gasteiger partial charge in [-0.1, -0.05) is 13.8 Å². The third kappa shape index (κ3) is 2.96. The molecule has 1 aliphatic rings. The first-order valence-electron chi connectivity index (χ1n) is 8.58. The number of likely N-dealkylation sites (N-methyl/N-ethyl adjacent to an activating group) is 1. The minimum Gasteiger partial charge on any atom is -0.337 e. The lowest BCUT2D eigenvalue weighted by Crippen LogP contribution is -2.51. The van der Waals surface area contributed by atoms with E-state index in [2.05, 4.69) is 21.9 Å². The van der Waals surface area contributed by atoms with Crippen LogP contribution in [0.1, 0.15) is 41.8 Å². The van der Waals surface area contributed by atoms with Crippen LogP contribution in [-0.4, -0.2) is 61.2 Å². The maximum Gasteiger partial charge on any atom is 0.257 e. The second-order valence-corrected chi connectivity index (χ2v) is 6.31. The number of imidazole rings is 1. The summed E-state index contributed by atoms with van der Waals surface area (Å²) in [6.07, 6.45) is 6.38. The first kappa shape index (κ1) is 16.7.